The van der Waals surface area contributed by atoms with Crippen molar-refractivity contribution in [2.24, 2.45) is 4.99 Å². The Labute approximate surface area is 116 Å². The summed E-state index contributed by atoms with van der Waals surface area (Å²) >= 11 is 0. The van der Waals surface area contributed by atoms with Crippen molar-refractivity contribution in [1.82, 2.24) is 0 Å². The van der Waals surface area contributed by atoms with E-state index in [1.54, 1.807) is 43.7 Å². The number of benzene rings is 2. The molecule has 2 aromatic carbocycles. The summed E-state index contributed by atoms with van der Waals surface area (Å²) < 4.78 is 15.9. The van der Waals surface area contributed by atoms with Crippen LogP contribution >= 0.6 is 0 Å². The van der Waals surface area contributed by atoms with Crippen molar-refractivity contribution < 1.29 is 19.3 Å². The largest absolute Gasteiger partial charge is 0.508 e. The number of rotatable bonds is 3. The zero-order chi connectivity index (χ0) is 13.9. The molecule has 0 fully saturated rings. The van der Waals surface area contributed by atoms with Gasteiger partial charge in [-0.1, -0.05) is 6.07 Å². The van der Waals surface area contributed by atoms with E-state index in [0.29, 0.717) is 22.9 Å². The van der Waals surface area contributed by atoms with Crippen molar-refractivity contribution in [2.75, 3.05) is 13.9 Å². The molecular formula is C15H13NO4. The summed E-state index contributed by atoms with van der Waals surface area (Å²) in [6, 6.07) is 10.3. The third-order valence-electron chi connectivity index (χ3n) is 2.91. The molecule has 102 valence electrons. The van der Waals surface area contributed by atoms with E-state index in [2.05, 4.69) is 4.99 Å². The molecule has 0 saturated carbocycles. The predicted molar refractivity (Wildman–Crippen MR) is 74.5 cm³/mol. The molecule has 0 unspecified atom stereocenters. The minimum absolute atomic E-state index is 0.178. The van der Waals surface area contributed by atoms with E-state index in [0.717, 1.165) is 5.56 Å². The van der Waals surface area contributed by atoms with Gasteiger partial charge in [0.15, 0.2) is 11.5 Å². The van der Waals surface area contributed by atoms with E-state index in [1.165, 1.54) is 0 Å². The Hall–Kier alpha value is -2.69. The fourth-order valence-electron chi connectivity index (χ4n) is 1.93. The van der Waals surface area contributed by atoms with E-state index in [4.69, 9.17) is 14.2 Å². The van der Waals surface area contributed by atoms with Gasteiger partial charge in [-0.05, 0) is 18.2 Å². The van der Waals surface area contributed by atoms with E-state index < -0.39 is 0 Å². The Bertz CT molecular complexity index is 667. The highest BCUT2D eigenvalue weighted by Crippen LogP contribution is 2.37. The van der Waals surface area contributed by atoms with Gasteiger partial charge in [0, 0.05) is 23.9 Å². The Morgan fingerprint density at radius 3 is 2.75 bits per heavy atom. The molecule has 1 heterocycles. The summed E-state index contributed by atoms with van der Waals surface area (Å²) in [6.07, 6.45) is 1.66. The Morgan fingerprint density at radius 2 is 2.00 bits per heavy atom. The topological polar surface area (TPSA) is 60.3 Å². The van der Waals surface area contributed by atoms with Crippen LogP contribution in [0.25, 0.3) is 0 Å². The second-order valence-corrected chi connectivity index (χ2v) is 4.23. The normalized spacial score (nSPS) is 12.8. The van der Waals surface area contributed by atoms with Crippen LogP contribution in [0.5, 0.6) is 23.0 Å². The van der Waals surface area contributed by atoms with Gasteiger partial charge in [0.1, 0.15) is 11.5 Å². The van der Waals surface area contributed by atoms with Crippen LogP contribution in [0, 0.1) is 0 Å². The molecule has 5 nitrogen and oxygen atoms in total. The number of fused-ring (bicyclic) bond motifs is 1. The van der Waals surface area contributed by atoms with Gasteiger partial charge in [0.05, 0.1) is 12.8 Å². The van der Waals surface area contributed by atoms with Crippen molar-refractivity contribution >= 4 is 11.9 Å². The van der Waals surface area contributed by atoms with Gasteiger partial charge in [0.2, 0.25) is 6.79 Å². The zero-order valence-electron chi connectivity index (χ0n) is 10.9. The highest BCUT2D eigenvalue weighted by molar-refractivity contribution is 5.87. The molecule has 5 heteroatoms. The summed E-state index contributed by atoms with van der Waals surface area (Å²) in [6.45, 7) is 0.214. The maximum Gasteiger partial charge on any atom is 0.231 e. The average molecular weight is 271 g/mol. The van der Waals surface area contributed by atoms with Crippen LogP contribution in [0.15, 0.2) is 41.4 Å². The molecule has 0 spiro atoms. The summed E-state index contributed by atoms with van der Waals surface area (Å²) in [5.41, 5.74) is 1.44. The predicted octanol–water partition coefficient (Wildman–Crippen LogP) is 2.88. The van der Waals surface area contributed by atoms with Gasteiger partial charge in [-0.25, -0.2) is 0 Å². The van der Waals surface area contributed by atoms with Crippen LogP contribution in [0.3, 0.4) is 0 Å². The zero-order valence-corrected chi connectivity index (χ0v) is 10.9. The second-order valence-electron chi connectivity index (χ2n) is 4.23. The third-order valence-corrected chi connectivity index (χ3v) is 2.91. The van der Waals surface area contributed by atoms with E-state index >= 15 is 0 Å². The average Bonchev–Trinajstić information content (AvgIpc) is 2.91. The van der Waals surface area contributed by atoms with Crippen LogP contribution in [0.1, 0.15) is 5.56 Å². The Balaban J connectivity index is 1.94. The third kappa shape index (κ3) is 2.38. The Kier molecular flexibility index (Phi) is 3.16. The number of phenolic OH excluding ortho intramolecular Hbond substituents is 1. The summed E-state index contributed by atoms with van der Waals surface area (Å²) in [5.74, 6) is 2.16. The van der Waals surface area contributed by atoms with Crippen LogP contribution in [0.4, 0.5) is 5.69 Å². The standard InChI is InChI=1S/C15H13NO4/c1-18-13-7-15-14(19-9-20-15)5-10(13)8-16-11-3-2-4-12(17)6-11/h2-8,17H,9H2,1H3. The quantitative estimate of drug-likeness (QED) is 0.872. The molecule has 0 amide bonds. The summed E-state index contributed by atoms with van der Waals surface area (Å²) in [4.78, 5) is 4.31. The number of aliphatic imine (C=N–C) groups is 1. The summed E-state index contributed by atoms with van der Waals surface area (Å²) in [7, 11) is 1.59. The van der Waals surface area contributed by atoms with E-state index in [-0.39, 0.29) is 12.5 Å². The minimum Gasteiger partial charge on any atom is -0.508 e. The molecule has 2 aromatic rings. The highest BCUT2D eigenvalue weighted by Gasteiger charge is 2.16. The number of aromatic hydroxyl groups is 1. The minimum atomic E-state index is 0.178. The number of methoxy groups -OCH3 is 1. The molecule has 1 aliphatic heterocycles. The first kappa shape index (κ1) is 12.3. The maximum atomic E-state index is 9.40. The molecule has 0 aromatic heterocycles. The molecule has 20 heavy (non-hydrogen) atoms. The first-order chi connectivity index (χ1) is 9.76. The summed E-state index contributed by atoms with van der Waals surface area (Å²) in [5, 5.41) is 9.40. The highest BCUT2D eigenvalue weighted by atomic mass is 16.7. The van der Waals surface area contributed by atoms with Gasteiger partial charge in [0.25, 0.3) is 0 Å². The van der Waals surface area contributed by atoms with Crippen molar-refractivity contribution in [3.63, 3.8) is 0 Å². The number of nitrogens with zero attached hydrogens (tertiary/aromatic N) is 1. The van der Waals surface area contributed by atoms with Crippen LogP contribution < -0.4 is 14.2 Å². The second kappa shape index (κ2) is 5.13. The van der Waals surface area contributed by atoms with Crippen LogP contribution in [-0.4, -0.2) is 25.2 Å². The number of phenols is 1. The van der Waals surface area contributed by atoms with Crippen molar-refractivity contribution in [3.8, 4) is 23.0 Å². The molecule has 0 aliphatic carbocycles. The van der Waals surface area contributed by atoms with Crippen molar-refractivity contribution in [1.29, 1.82) is 0 Å². The lowest BCUT2D eigenvalue weighted by Gasteiger charge is -2.06. The molecule has 1 aliphatic rings. The Morgan fingerprint density at radius 1 is 1.20 bits per heavy atom. The van der Waals surface area contributed by atoms with Gasteiger partial charge in [-0.2, -0.15) is 0 Å². The van der Waals surface area contributed by atoms with Crippen molar-refractivity contribution in [2.45, 2.75) is 0 Å². The number of hydrogen-bond acceptors (Lipinski definition) is 5. The van der Waals surface area contributed by atoms with E-state index in [1.807, 2.05) is 6.07 Å². The molecule has 3 rings (SSSR count). The number of ether oxygens (including phenoxy) is 3. The molecule has 0 atom stereocenters. The smallest absolute Gasteiger partial charge is 0.231 e. The van der Waals surface area contributed by atoms with E-state index in [9.17, 15) is 5.11 Å². The lowest BCUT2D eigenvalue weighted by molar-refractivity contribution is 0.174. The van der Waals surface area contributed by atoms with Crippen LogP contribution in [0.2, 0.25) is 0 Å². The fourth-order valence-corrected chi connectivity index (χ4v) is 1.93. The molecular weight excluding hydrogens is 258 g/mol. The maximum absolute atomic E-state index is 9.40. The number of hydrogen-bond donors (Lipinski definition) is 1. The lowest BCUT2D eigenvalue weighted by atomic mass is 10.2. The fraction of sp³-hybridized carbons (Fsp3) is 0.133. The SMILES string of the molecule is COc1cc2c(cc1C=Nc1cccc(O)c1)OCO2. The van der Waals surface area contributed by atoms with Gasteiger partial charge >= 0.3 is 0 Å². The van der Waals surface area contributed by atoms with Crippen molar-refractivity contribution in [3.05, 3.63) is 42.0 Å². The first-order valence-corrected chi connectivity index (χ1v) is 6.07. The molecule has 1 N–H and O–H groups in total. The monoisotopic (exact) mass is 271 g/mol. The first-order valence-electron chi connectivity index (χ1n) is 6.07. The molecule has 0 saturated heterocycles. The van der Waals surface area contributed by atoms with Gasteiger partial charge in [-0.15, -0.1) is 0 Å². The van der Waals surface area contributed by atoms with Gasteiger partial charge < -0.3 is 19.3 Å². The molecule has 0 bridgehead atoms. The van der Waals surface area contributed by atoms with Crippen LogP contribution in [-0.2, 0) is 0 Å². The lowest BCUT2D eigenvalue weighted by Crippen LogP contribution is -1.92. The molecule has 0 radical (unpaired) electrons. The van der Waals surface area contributed by atoms with Gasteiger partial charge in [-0.3, -0.25) is 4.99 Å².